The standard InChI is InChI=1S/C27H23NO7S/c28-24(36)23-22(35-27(31)19-14-8-3-9-15-19)21(34-26(30)18-12-6-2-7-13-18)20(33-23)16-32-25(29)17-10-4-1-5-11-17/h1-15,20-23H,16H2,(H2,28,36)/t20-,21-,22-,23-/m1/s1. The number of nitrogens with two attached hydrogens (primary N) is 1. The fourth-order valence-electron chi connectivity index (χ4n) is 3.71. The van der Waals surface area contributed by atoms with E-state index in [1.807, 2.05) is 0 Å². The summed E-state index contributed by atoms with van der Waals surface area (Å²) < 4.78 is 22.7. The van der Waals surface area contributed by atoms with Crippen molar-refractivity contribution in [1.82, 2.24) is 0 Å². The summed E-state index contributed by atoms with van der Waals surface area (Å²) in [5.41, 5.74) is 6.79. The second-order valence-corrected chi connectivity index (χ2v) is 8.41. The minimum absolute atomic E-state index is 0.0986. The van der Waals surface area contributed by atoms with E-state index in [2.05, 4.69) is 0 Å². The molecule has 3 aromatic rings. The Morgan fingerprint density at radius 1 is 0.694 bits per heavy atom. The van der Waals surface area contributed by atoms with Gasteiger partial charge in [-0.3, -0.25) is 0 Å². The van der Waals surface area contributed by atoms with E-state index in [-0.39, 0.29) is 22.7 Å². The van der Waals surface area contributed by atoms with Gasteiger partial charge in [0.2, 0.25) is 0 Å². The number of hydrogen-bond acceptors (Lipinski definition) is 8. The van der Waals surface area contributed by atoms with E-state index in [0.29, 0.717) is 5.56 Å². The molecule has 0 aliphatic carbocycles. The van der Waals surface area contributed by atoms with Crippen LogP contribution in [-0.2, 0) is 18.9 Å². The van der Waals surface area contributed by atoms with Crippen molar-refractivity contribution in [3.63, 3.8) is 0 Å². The highest BCUT2D eigenvalue weighted by atomic mass is 32.1. The van der Waals surface area contributed by atoms with Crippen LogP contribution in [0.25, 0.3) is 0 Å². The summed E-state index contributed by atoms with van der Waals surface area (Å²) in [6, 6.07) is 25.0. The molecule has 0 aromatic heterocycles. The Bertz CT molecular complexity index is 1220. The third-order valence-corrected chi connectivity index (χ3v) is 5.72. The first-order valence-electron chi connectivity index (χ1n) is 11.1. The van der Waals surface area contributed by atoms with Crippen molar-refractivity contribution in [3.8, 4) is 0 Å². The smallest absolute Gasteiger partial charge is 0.338 e. The Hall–Kier alpha value is -4.08. The first-order valence-corrected chi connectivity index (χ1v) is 11.5. The number of ether oxygens (including phenoxy) is 4. The maximum absolute atomic E-state index is 12.9. The highest BCUT2D eigenvalue weighted by molar-refractivity contribution is 7.80. The van der Waals surface area contributed by atoms with Gasteiger partial charge in [0.1, 0.15) is 23.8 Å². The van der Waals surface area contributed by atoms with Crippen molar-refractivity contribution >= 4 is 35.1 Å². The molecule has 0 unspecified atom stereocenters. The summed E-state index contributed by atoms with van der Waals surface area (Å²) in [6.07, 6.45) is -4.38. The Morgan fingerprint density at radius 3 is 1.56 bits per heavy atom. The third kappa shape index (κ3) is 5.94. The normalized spacial score (nSPS) is 20.8. The second kappa shape index (κ2) is 11.6. The van der Waals surface area contributed by atoms with Crippen molar-refractivity contribution in [2.24, 2.45) is 5.73 Å². The Morgan fingerprint density at radius 2 is 1.11 bits per heavy atom. The van der Waals surface area contributed by atoms with Crippen molar-refractivity contribution < 1.29 is 33.3 Å². The molecule has 1 saturated heterocycles. The van der Waals surface area contributed by atoms with E-state index in [1.54, 1.807) is 91.0 Å². The SMILES string of the molecule is NC(=S)[C@@H]1O[C@H](COC(=O)c2ccccc2)[C@@H](OC(=O)c2ccccc2)[C@H]1OC(=O)c1ccccc1. The zero-order valence-corrected chi connectivity index (χ0v) is 19.8. The van der Waals surface area contributed by atoms with E-state index in [9.17, 15) is 14.4 Å². The molecule has 3 aromatic carbocycles. The number of carbonyl (C=O) groups excluding carboxylic acids is 3. The molecule has 1 heterocycles. The van der Waals surface area contributed by atoms with Gasteiger partial charge in [-0.15, -0.1) is 0 Å². The molecule has 4 rings (SSSR count). The molecule has 1 aliphatic heterocycles. The molecular formula is C27H23NO7S. The fraction of sp³-hybridized carbons (Fsp3) is 0.185. The van der Waals surface area contributed by atoms with Gasteiger partial charge < -0.3 is 24.7 Å². The molecule has 0 saturated carbocycles. The van der Waals surface area contributed by atoms with Crippen LogP contribution in [0.5, 0.6) is 0 Å². The molecule has 8 nitrogen and oxygen atoms in total. The van der Waals surface area contributed by atoms with Crippen LogP contribution in [-0.4, -0.2) is 53.9 Å². The Kier molecular flexibility index (Phi) is 8.04. The summed E-state index contributed by atoms with van der Waals surface area (Å²) >= 11 is 5.14. The van der Waals surface area contributed by atoms with E-state index in [4.69, 9.17) is 36.9 Å². The van der Waals surface area contributed by atoms with Crippen LogP contribution in [0.1, 0.15) is 31.1 Å². The van der Waals surface area contributed by atoms with Gasteiger partial charge >= 0.3 is 17.9 Å². The predicted molar refractivity (Wildman–Crippen MR) is 133 cm³/mol. The zero-order valence-electron chi connectivity index (χ0n) is 19.0. The molecular weight excluding hydrogens is 482 g/mol. The van der Waals surface area contributed by atoms with Crippen molar-refractivity contribution in [1.29, 1.82) is 0 Å². The van der Waals surface area contributed by atoms with Gasteiger partial charge in [-0.1, -0.05) is 66.8 Å². The molecule has 2 N–H and O–H groups in total. The number of esters is 3. The lowest BCUT2D eigenvalue weighted by Gasteiger charge is -2.24. The lowest BCUT2D eigenvalue weighted by Crippen LogP contribution is -2.44. The van der Waals surface area contributed by atoms with E-state index in [0.717, 1.165) is 0 Å². The van der Waals surface area contributed by atoms with E-state index in [1.165, 1.54) is 0 Å². The van der Waals surface area contributed by atoms with Gasteiger partial charge in [0.05, 0.1) is 16.7 Å². The van der Waals surface area contributed by atoms with Gasteiger partial charge in [0.25, 0.3) is 0 Å². The van der Waals surface area contributed by atoms with Crippen LogP contribution >= 0.6 is 12.2 Å². The first-order chi connectivity index (χ1) is 17.4. The number of rotatable bonds is 8. The van der Waals surface area contributed by atoms with Crippen molar-refractivity contribution in [2.75, 3.05) is 6.61 Å². The summed E-state index contributed by atoms with van der Waals surface area (Å²) in [5, 5.41) is 0. The molecule has 4 atom stereocenters. The number of benzene rings is 3. The van der Waals surface area contributed by atoms with Gasteiger partial charge in [-0.2, -0.15) is 0 Å². The van der Waals surface area contributed by atoms with Crippen molar-refractivity contribution in [3.05, 3.63) is 108 Å². The maximum Gasteiger partial charge on any atom is 0.338 e. The quantitative estimate of drug-likeness (QED) is 0.280. The van der Waals surface area contributed by atoms with E-state index >= 15 is 0 Å². The lowest BCUT2D eigenvalue weighted by atomic mass is 10.1. The fourth-order valence-corrected chi connectivity index (χ4v) is 3.90. The molecule has 0 amide bonds. The van der Waals surface area contributed by atoms with Gasteiger partial charge in [0.15, 0.2) is 12.2 Å². The summed E-state index contributed by atoms with van der Waals surface area (Å²) in [6.45, 7) is -0.293. The zero-order chi connectivity index (χ0) is 25.5. The topological polar surface area (TPSA) is 114 Å². The molecule has 1 fully saturated rings. The first kappa shape index (κ1) is 25.0. The van der Waals surface area contributed by atoms with Crippen LogP contribution in [0, 0.1) is 0 Å². The molecule has 9 heteroatoms. The summed E-state index contributed by atoms with van der Waals surface area (Å²) in [5.74, 6) is -1.94. The monoisotopic (exact) mass is 505 g/mol. The molecule has 36 heavy (non-hydrogen) atoms. The van der Waals surface area contributed by atoms with Gasteiger partial charge in [-0.25, -0.2) is 14.4 Å². The van der Waals surface area contributed by atoms with Crippen LogP contribution in [0.3, 0.4) is 0 Å². The summed E-state index contributed by atoms with van der Waals surface area (Å²) in [4.78, 5) is 38.1. The van der Waals surface area contributed by atoms with Crippen LogP contribution in [0.2, 0.25) is 0 Å². The lowest BCUT2D eigenvalue weighted by molar-refractivity contribution is -0.0436. The second-order valence-electron chi connectivity index (χ2n) is 7.93. The molecule has 0 radical (unpaired) electrons. The highest BCUT2D eigenvalue weighted by Gasteiger charge is 2.51. The van der Waals surface area contributed by atoms with Crippen LogP contribution in [0.4, 0.5) is 0 Å². The minimum atomic E-state index is -1.16. The van der Waals surface area contributed by atoms with E-state index < -0.39 is 42.3 Å². The maximum atomic E-state index is 12.9. The van der Waals surface area contributed by atoms with Crippen LogP contribution < -0.4 is 5.73 Å². The average Bonchev–Trinajstić information content (AvgIpc) is 3.25. The Labute approximate surface area is 212 Å². The number of thiocarbonyl (C=S) groups is 1. The minimum Gasteiger partial charge on any atom is -0.459 e. The van der Waals surface area contributed by atoms with Crippen molar-refractivity contribution in [2.45, 2.75) is 24.4 Å². The predicted octanol–water partition coefficient (Wildman–Crippen LogP) is 3.35. The average molecular weight is 506 g/mol. The molecule has 184 valence electrons. The highest BCUT2D eigenvalue weighted by Crippen LogP contribution is 2.29. The number of hydrogen-bond donors (Lipinski definition) is 1. The largest absolute Gasteiger partial charge is 0.459 e. The Balaban J connectivity index is 1.58. The number of carbonyl (C=O) groups is 3. The van der Waals surface area contributed by atoms with Gasteiger partial charge in [-0.05, 0) is 36.4 Å². The molecule has 1 aliphatic rings. The molecule has 0 bridgehead atoms. The van der Waals surface area contributed by atoms with Crippen LogP contribution in [0.15, 0.2) is 91.0 Å². The molecule has 0 spiro atoms. The summed E-state index contributed by atoms with van der Waals surface area (Å²) in [7, 11) is 0. The van der Waals surface area contributed by atoms with Gasteiger partial charge in [0, 0.05) is 0 Å². The third-order valence-electron chi connectivity index (χ3n) is 5.48.